The molecule has 0 aliphatic heterocycles. The number of halogens is 2. The molecule has 0 fully saturated rings. The number of hydrogen-bond acceptors (Lipinski definition) is 3. The van der Waals surface area contributed by atoms with Crippen molar-refractivity contribution in [1.82, 2.24) is 0 Å². The minimum Gasteiger partial charge on any atom is -0.451 e. The molecule has 2 aromatic carbocycles. The number of nitrogens with two attached hydrogens (primary N) is 1. The summed E-state index contributed by atoms with van der Waals surface area (Å²) in [5.41, 5.74) is 8.94. The first-order valence-electron chi connectivity index (χ1n) is 7.17. The van der Waals surface area contributed by atoms with Gasteiger partial charge in [-0.15, -0.1) is 0 Å². The van der Waals surface area contributed by atoms with Crippen molar-refractivity contribution in [3.63, 3.8) is 0 Å². The molecular formula is C18H14Br2N2O2. The number of rotatable bonds is 3. The van der Waals surface area contributed by atoms with E-state index in [-0.39, 0.29) is 11.7 Å². The van der Waals surface area contributed by atoms with E-state index in [0.29, 0.717) is 17.1 Å². The van der Waals surface area contributed by atoms with E-state index >= 15 is 0 Å². The van der Waals surface area contributed by atoms with Gasteiger partial charge in [-0.2, -0.15) is 0 Å². The fourth-order valence-corrected chi connectivity index (χ4v) is 3.32. The van der Waals surface area contributed by atoms with Crippen molar-refractivity contribution in [2.75, 3.05) is 11.1 Å². The van der Waals surface area contributed by atoms with Crippen molar-refractivity contribution >= 4 is 49.1 Å². The van der Waals surface area contributed by atoms with E-state index in [0.717, 1.165) is 20.1 Å². The molecule has 1 aromatic heterocycles. The van der Waals surface area contributed by atoms with E-state index in [1.807, 2.05) is 31.2 Å². The number of carbonyl (C=O) groups is 1. The largest absolute Gasteiger partial charge is 0.451 e. The maximum absolute atomic E-state index is 12.4. The van der Waals surface area contributed by atoms with Gasteiger partial charge in [-0.3, -0.25) is 4.79 Å². The predicted molar refractivity (Wildman–Crippen MR) is 103 cm³/mol. The molecule has 3 aromatic rings. The monoisotopic (exact) mass is 448 g/mol. The highest BCUT2D eigenvalue weighted by Gasteiger charge is 2.15. The van der Waals surface area contributed by atoms with Crippen LogP contribution in [0.2, 0.25) is 0 Å². The summed E-state index contributed by atoms with van der Waals surface area (Å²) in [6, 6.07) is 14.6. The van der Waals surface area contributed by atoms with Crippen LogP contribution in [0.3, 0.4) is 0 Å². The first-order chi connectivity index (χ1) is 11.4. The van der Waals surface area contributed by atoms with E-state index < -0.39 is 0 Å². The number of carbonyl (C=O) groups excluding carboxylic acids is 1. The van der Waals surface area contributed by atoms with Gasteiger partial charge in [0.05, 0.1) is 11.4 Å². The van der Waals surface area contributed by atoms with Crippen LogP contribution >= 0.6 is 31.9 Å². The zero-order valence-electron chi connectivity index (χ0n) is 12.8. The van der Waals surface area contributed by atoms with E-state index in [4.69, 9.17) is 10.2 Å². The SMILES string of the molecule is Cc1ccc(-c2ccc(C(=O)Nc3ccc(Br)cc3N)o2)c(Br)c1. The van der Waals surface area contributed by atoms with E-state index in [1.165, 1.54) is 0 Å². The Kier molecular flexibility index (Phi) is 4.78. The van der Waals surface area contributed by atoms with Gasteiger partial charge in [0, 0.05) is 14.5 Å². The lowest BCUT2D eigenvalue weighted by atomic mass is 10.1. The van der Waals surface area contributed by atoms with Crippen LogP contribution in [0.4, 0.5) is 11.4 Å². The highest BCUT2D eigenvalue weighted by molar-refractivity contribution is 9.10. The third kappa shape index (κ3) is 3.55. The third-order valence-corrected chi connectivity index (χ3v) is 4.63. The van der Waals surface area contributed by atoms with Gasteiger partial charge >= 0.3 is 0 Å². The number of anilines is 2. The Morgan fingerprint density at radius 1 is 1.08 bits per heavy atom. The van der Waals surface area contributed by atoms with Gasteiger partial charge in [0.25, 0.3) is 5.91 Å². The fraction of sp³-hybridized carbons (Fsp3) is 0.0556. The van der Waals surface area contributed by atoms with Crippen LogP contribution < -0.4 is 11.1 Å². The molecule has 1 amide bonds. The van der Waals surface area contributed by atoms with Crippen molar-refractivity contribution in [2.24, 2.45) is 0 Å². The van der Waals surface area contributed by atoms with Crippen molar-refractivity contribution in [1.29, 1.82) is 0 Å². The molecular weight excluding hydrogens is 436 g/mol. The lowest BCUT2D eigenvalue weighted by Gasteiger charge is -2.07. The summed E-state index contributed by atoms with van der Waals surface area (Å²) in [5, 5.41) is 2.75. The highest BCUT2D eigenvalue weighted by atomic mass is 79.9. The standard InChI is InChI=1S/C18H14Br2N2O2/c1-10-2-4-12(13(20)8-10)16-6-7-17(24-16)18(23)22-15-5-3-11(19)9-14(15)21/h2-9H,21H2,1H3,(H,22,23). The Morgan fingerprint density at radius 3 is 2.58 bits per heavy atom. The quantitative estimate of drug-likeness (QED) is 0.510. The zero-order chi connectivity index (χ0) is 17.3. The van der Waals surface area contributed by atoms with Crippen molar-refractivity contribution in [2.45, 2.75) is 6.92 Å². The maximum Gasteiger partial charge on any atom is 0.291 e. The minimum atomic E-state index is -0.349. The molecule has 0 unspecified atom stereocenters. The summed E-state index contributed by atoms with van der Waals surface area (Å²) in [4.78, 5) is 12.4. The van der Waals surface area contributed by atoms with Gasteiger partial charge in [0.1, 0.15) is 5.76 Å². The molecule has 3 N–H and O–H groups in total. The first-order valence-corrected chi connectivity index (χ1v) is 8.75. The second-order valence-corrected chi connectivity index (χ2v) is 7.10. The van der Waals surface area contributed by atoms with Gasteiger partial charge in [0.15, 0.2) is 5.76 Å². The Labute approximate surface area is 156 Å². The van der Waals surface area contributed by atoms with Gasteiger partial charge < -0.3 is 15.5 Å². The van der Waals surface area contributed by atoms with Crippen LogP contribution in [-0.2, 0) is 0 Å². The summed E-state index contributed by atoms with van der Waals surface area (Å²) in [7, 11) is 0. The molecule has 0 aliphatic carbocycles. The average Bonchev–Trinajstić information content (AvgIpc) is 3.00. The van der Waals surface area contributed by atoms with Crippen molar-refractivity contribution in [3.05, 3.63) is 68.8 Å². The fourth-order valence-electron chi connectivity index (χ4n) is 2.26. The molecule has 4 nitrogen and oxygen atoms in total. The molecule has 6 heteroatoms. The lowest BCUT2D eigenvalue weighted by molar-refractivity contribution is 0.0997. The molecule has 122 valence electrons. The molecule has 0 bridgehead atoms. The molecule has 0 spiro atoms. The molecule has 0 saturated heterocycles. The van der Waals surface area contributed by atoms with Crippen LogP contribution in [0, 0.1) is 6.92 Å². The van der Waals surface area contributed by atoms with Crippen molar-refractivity contribution < 1.29 is 9.21 Å². The predicted octanol–water partition coefficient (Wildman–Crippen LogP) is 5.61. The Balaban J connectivity index is 1.83. The molecule has 0 atom stereocenters. The maximum atomic E-state index is 12.4. The van der Waals surface area contributed by atoms with Crippen LogP contribution in [0.25, 0.3) is 11.3 Å². The molecule has 0 saturated carbocycles. The smallest absolute Gasteiger partial charge is 0.291 e. The molecule has 3 rings (SSSR count). The van der Waals surface area contributed by atoms with E-state index in [1.54, 1.807) is 24.3 Å². The Morgan fingerprint density at radius 2 is 1.88 bits per heavy atom. The number of nitrogen functional groups attached to an aromatic ring is 1. The highest BCUT2D eigenvalue weighted by Crippen LogP contribution is 2.31. The van der Waals surface area contributed by atoms with Crippen LogP contribution in [0.15, 0.2) is 61.9 Å². The summed E-state index contributed by atoms with van der Waals surface area (Å²) in [6.45, 7) is 2.01. The number of benzene rings is 2. The van der Waals surface area contributed by atoms with E-state index in [9.17, 15) is 4.79 Å². The van der Waals surface area contributed by atoms with Crippen LogP contribution in [0.5, 0.6) is 0 Å². The summed E-state index contributed by atoms with van der Waals surface area (Å²) in [5.74, 6) is 0.495. The van der Waals surface area contributed by atoms with Crippen molar-refractivity contribution in [3.8, 4) is 11.3 Å². The summed E-state index contributed by atoms with van der Waals surface area (Å²) >= 11 is 6.85. The first kappa shape index (κ1) is 16.8. The van der Waals surface area contributed by atoms with Crippen LogP contribution in [0.1, 0.15) is 16.1 Å². The number of aryl methyl sites for hydroxylation is 1. The molecule has 1 heterocycles. The zero-order valence-corrected chi connectivity index (χ0v) is 15.9. The molecule has 0 aliphatic rings. The summed E-state index contributed by atoms with van der Waals surface area (Å²) < 4.78 is 7.46. The van der Waals surface area contributed by atoms with Gasteiger partial charge in [-0.1, -0.05) is 37.9 Å². The second kappa shape index (κ2) is 6.83. The number of nitrogens with one attached hydrogen (secondary N) is 1. The number of furan rings is 1. The molecule has 24 heavy (non-hydrogen) atoms. The van der Waals surface area contributed by atoms with Crippen LogP contribution in [-0.4, -0.2) is 5.91 Å². The van der Waals surface area contributed by atoms with Gasteiger partial charge in [-0.05, 0) is 55.0 Å². The summed E-state index contributed by atoms with van der Waals surface area (Å²) in [6.07, 6.45) is 0. The van der Waals surface area contributed by atoms with E-state index in [2.05, 4.69) is 37.2 Å². The number of hydrogen-bond donors (Lipinski definition) is 2. The Bertz CT molecular complexity index is 919. The van der Waals surface area contributed by atoms with Gasteiger partial charge in [0.2, 0.25) is 0 Å². The van der Waals surface area contributed by atoms with Gasteiger partial charge in [-0.25, -0.2) is 0 Å². The number of amides is 1. The Hall–Kier alpha value is -2.05. The normalized spacial score (nSPS) is 10.6. The topological polar surface area (TPSA) is 68.3 Å². The lowest BCUT2D eigenvalue weighted by Crippen LogP contribution is -2.12. The second-order valence-electron chi connectivity index (χ2n) is 5.33. The average molecular weight is 450 g/mol. The third-order valence-electron chi connectivity index (χ3n) is 3.48. The molecule has 0 radical (unpaired) electrons. The minimum absolute atomic E-state index is 0.222.